The highest BCUT2D eigenvalue weighted by Gasteiger charge is 2.46. The van der Waals surface area contributed by atoms with E-state index in [0.717, 1.165) is 16.5 Å². The molecule has 1 aliphatic carbocycles. The number of carbonyl (C=O) groups excluding carboxylic acids is 1. The Morgan fingerprint density at radius 1 is 1.25 bits per heavy atom. The smallest absolute Gasteiger partial charge is 0.175 e. The molecule has 1 aromatic carbocycles. The average Bonchev–Trinajstić information content (AvgIpc) is 3.07. The summed E-state index contributed by atoms with van der Waals surface area (Å²) in [6, 6.07) is 3.48. The topological polar surface area (TPSA) is 35.5 Å². The third-order valence-electron chi connectivity index (χ3n) is 3.18. The molecule has 2 aliphatic rings. The van der Waals surface area contributed by atoms with Crippen LogP contribution in [0.2, 0.25) is 0 Å². The maximum absolute atomic E-state index is 10.8. The van der Waals surface area contributed by atoms with E-state index in [1.54, 1.807) is 12.1 Å². The largest absolute Gasteiger partial charge is 0.489 e. The lowest BCUT2D eigenvalue weighted by Crippen LogP contribution is -2.17. The molecule has 1 saturated carbocycles. The van der Waals surface area contributed by atoms with Gasteiger partial charge in [0.05, 0.1) is 17.7 Å². The quantitative estimate of drug-likeness (QED) is 0.743. The Morgan fingerprint density at radius 2 is 2.00 bits per heavy atom. The van der Waals surface area contributed by atoms with Crippen LogP contribution in [-0.4, -0.2) is 19.5 Å². The number of aldehydes is 1. The van der Waals surface area contributed by atoms with Crippen molar-refractivity contribution in [2.45, 2.75) is 12.8 Å². The Balaban J connectivity index is 1.99. The van der Waals surface area contributed by atoms with Crippen LogP contribution in [0, 0.1) is 5.41 Å². The molecule has 1 spiro atoms. The van der Waals surface area contributed by atoms with Crippen molar-refractivity contribution in [2.24, 2.45) is 5.41 Å². The zero-order valence-electron chi connectivity index (χ0n) is 8.66. The SMILES string of the molecule is O=Cc1cc(Br)c2c(c1)OCC1(CC1)CO2. The van der Waals surface area contributed by atoms with Crippen LogP contribution in [0.4, 0.5) is 0 Å². The van der Waals surface area contributed by atoms with Gasteiger partial charge in [0.1, 0.15) is 6.29 Å². The predicted molar refractivity (Wildman–Crippen MR) is 62.2 cm³/mol. The van der Waals surface area contributed by atoms with Crippen LogP contribution >= 0.6 is 15.9 Å². The van der Waals surface area contributed by atoms with Crippen molar-refractivity contribution in [3.8, 4) is 11.5 Å². The lowest BCUT2D eigenvalue weighted by molar-refractivity contribution is 0.112. The van der Waals surface area contributed by atoms with Gasteiger partial charge in [-0.1, -0.05) is 0 Å². The summed E-state index contributed by atoms with van der Waals surface area (Å²) in [7, 11) is 0. The predicted octanol–water partition coefficient (Wildman–Crippen LogP) is 2.81. The number of ether oxygens (including phenoxy) is 2. The molecule has 3 nitrogen and oxygen atoms in total. The zero-order valence-corrected chi connectivity index (χ0v) is 10.2. The van der Waals surface area contributed by atoms with Crippen molar-refractivity contribution in [2.75, 3.05) is 13.2 Å². The maximum atomic E-state index is 10.8. The summed E-state index contributed by atoms with van der Waals surface area (Å²) in [4.78, 5) is 10.8. The van der Waals surface area contributed by atoms with Gasteiger partial charge in [-0.2, -0.15) is 0 Å². The Morgan fingerprint density at radius 3 is 2.69 bits per heavy atom. The first-order valence-corrected chi connectivity index (χ1v) is 6.06. The number of halogens is 1. The van der Waals surface area contributed by atoms with Gasteiger partial charge in [-0.25, -0.2) is 0 Å². The van der Waals surface area contributed by atoms with E-state index >= 15 is 0 Å². The average molecular weight is 283 g/mol. The second-order valence-corrected chi connectivity index (χ2v) is 5.38. The molecular formula is C12H11BrO3. The van der Waals surface area contributed by atoms with E-state index in [9.17, 15) is 4.79 Å². The molecule has 0 radical (unpaired) electrons. The van der Waals surface area contributed by atoms with Crippen LogP contribution in [0.5, 0.6) is 11.5 Å². The molecular weight excluding hydrogens is 272 g/mol. The van der Waals surface area contributed by atoms with Crippen molar-refractivity contribution in [3.05, 3.63) is 22.2 Å². The summed E-state index contributed by atoms with van der Waals surface area (Å²) < 4.78 is 12.3. The Kier molecular flexibility index (Phi) is 2.21. The van der Waals surface area contributed by atoms with Gasteiger partial charge in [0.25, 0.3) is 0 Å². The summed E-state index contributed by atoms with van der Waals surface area (Å²) in [6.45, 7) is 1.40. The van der Waals surface area contributed by atoms with Gasteiger partial charge in [-0.05, 0) is 40.9 Å². The van der Waals surface area contributed by atoms with Gasteiger partial charge in [0.15, 0.2) is 11.5 Å². The summed E-state index contributed by atoms with van der Waals surface area (Å²) in [5.41, 5.74) is 0.820. The van der Waals surface area contributed by atoms with Gasteiger partial charge >= 0.3 is 0 Å². The minimum atomic E-state index is 0.222. The minimum Gasteiger partial charge on any atom is -0.489 e. The molecule has 16 heavy (non-hydrogen) atoms. The van der Waals surface area contributed by atoms with Gasteiger partial charge in [0, 0.05) is 11.0 Å². The first-order chi connectivity index (χ1) is 7.72. The minimum absolute atomic E-state index is 0.222. The third-order valence-corrected chi connectivity index (χ3v) is 3.77. The number of fused-ring (bicyclic) bond motifs is 1. The van der Waals surface area contributed by atoms with Crippen LogP contribution in [0.1, 0.15) is 23.2 Å². The zero-order chi connectivity index (χ0) is 11.2. The highest BCUT2D eigenvalue weighted by molar-refractivity contribution is 9.10. The molecule has 0 aromatic heterocycles. The molecule has 1 aromatic rings. The Labute approximate surface area is 102 Å². The van der Waals surface area contributed by atoms with Crippen molar-refractivity contribution < 1.29 is 14.3 Å². The molecule has 1 aliphatic heterocycles. The van der Waals surface area contributed by atoms with Gasteiger partial charge in [0.2, 0.25) is 0 Å². The molecule has 0 saturated heterocycles. The van der Waals surface area contributed by atoms with Crippen LogP contribution in [0.15, 0.2) is 16.6 Å². The van der Waals surface area contributed by atoms with Gasteiger partial charge in [-0.15, -0.1) is 0 Å². The highest BCUT2D eigenvalue weighted by Crippen LogP contribution is 2.50. The summed E-state index contributed by atoms with van der Waals surface area (Å²) in [5.74, 6) is 1.38. The van der Waals surface area contributed by atoms with Gasteiger partial charge in [-0.3, -0.25) is 4.79 Å². The normalized spacial score (nSPS) is 20.3. The second kappa shape index (κ2) is 3.48. The molecule has 0 atom stereocenters. The lowest BCUT2D eigenvalue weighted by atomic mass is 10.1. The highest BCUT2D eigenvalue weighted by atomic mass is 79.9. The summed E-state index contributed by atoms with van der Waals surface area (Å²) in [6.07, 6.45) is 3.14. The first-order valence-electron chi connectivity index (χ1n) is 5.27. The lowest BCUT2D eigenvalue weighted by Gasteiger charge is -2.09. The summed E-state index contributed by atoms with van der Waals surface area (Å²) in [5, 5.41) is 0. The van der Waals surface area contributed by atoms with E-state index in [2.05, 4.69) is 15.9 Å². The fourth-order valence-corrected chi connectivity index (χ4v) is 2.44. The monoisotopic (exact) mass is 282 g/mol. The number of carbonyl (C=O) groups is 1. The number of hydrogen-bond donors (Lipinski definition) is 0. The maximum Gasteiger partial charge on any atom is 0.175 e. The first kappa shape index (κ1) is 10.1. The fraction of sp³-hybridized carbons (Fsp3) is 0.417. The van der Waals surface area contributed by atoms with Crippen molar-refractivity contribution >= 4 is 22.2 Å². The molecule has 0 unspecified atom stereocenters. The molecule has 1 fully saturated rings. The van der Waals surface area contributed by atoms with Gasteiger partial charge < -0.3 is 9.47 Å². The van der Waals surface area contributed by atoms with Crippen LogP contribution in [-0.2, 0) is 0 Å². The molecule has 0 amide bonds. The molecule has 4 heteroatoms. The summed E-state index contributed by atoms with van der Waals surface area (Å²) >= 11 is 3.40. The van der Waals surface area contributed by atoms with Crippen molar-refractivity contribution in [3.63, 3.8) is 0 Å². The van der Waals surface area contributed by atoms with E-state index in [1.807, 2.05) is 0 Å². The molecule has 0 N–H and O–H groups in total. The van der Waals surface area contributed by atoms with Crippen LogP contribution in [0.25, 0.3) is 0 Å². The van der Waals surface area contributed by atoms with E-state index in [4.69, 9.17) is 9.47 Å². The molecule has 1 heterocycles. The standard InChI is InChI=1S/C12H11BrO3/c13-9-3-8(5-14)4-10-11(9)16-7-12(1-2-12)6-15-10/h3-5H,1-2,6-7H2. The van der Waals surface area contributed by atoms with E-state index in [1.165, 1.54) is 12.8 Å². The van der Waals surface area contributed by atoms with Crippen LogP contribution in [0.3, 0.4) is 0 Å². The van der Waals surface area contributed by atoms with E-state index < -0.39 is 0 Å². The molecule has 84 valence electrons. The van der Waals surface area contributed by atoms with Crippen molar-refractivity contribution in [1.29, 1.82) is 0 Å². The number of rotatable bonds is 1. The second-order valence-electron chi connectivity index (χ2n) is 4.53. The Hall–Kier alpha value is -1.03. The number of hydrogen-bond acceptors (Lipinski definition) is 3. The fourth-order valence-electron chi connectivity index (χ4n) is 1.87. The van der Waals surface area contributed by atoms with Crippen molar-refractivity contribution in [1.82, 2.24) is 0 Å². The van der Waals surface area contributed by atoms with E-state index in [0.29, 0.717) is 24.5 Å². The van der Waals surface area contributed by atoms with Crippen LogP contribution < -0.4 is 9.47 Å². The molecule has 3 rings (SSSR count). The Bertz CT molecular complexity index is 452. The number of benzene rings is 1. The molecule has 0 bridgehead atoms. The third kappa shape index (κ3) is 1.61. The van der Waals surface area contributed by atoms with E-state index in [-0.39, 0.29) is 5.41 Å².